The van der Waals surface area contributed by atoms with Gasteiger partial charge in [-0.2, -0.15) is 0 Å². The van der Waals surface area contributed by atoms with Crippen LogP contribution in [-0.2, 0) is 0 Å². The first-order valence-corrected chi connectivity index (χ1v) is 12.3. The van der Waals surface area contributed by atoms with Gasteiger partial charge >= 0.3 is 0 Å². The summed E-state index contributed by atoms with van der Waals surface area (Å²) in [6.45, 7) is 0.415. The van der Waals surface area contributed by atoms with Crippen molar-refractivity contribution in [3.63, 3.8) is 0 Å². The average molecular weight is 637 g/mol. The predicted molar refractivity (Wildman–Crippen MR) is 138 cm³/mol. The number of Topliss-reactive ketones (excluding diaryl/α,β-unsaturated/α-hetero) is 1. The van der Waals surface area contributed by atoms with Crippen molar-refractivity contribution in [2.24, 2.45) is 0 Å². The van der Waals surface area contributed by atoms with Gasteiger partial charge in [0.25, 0.3) is 16.6 Å². The summed E-state index contributed by atoms with van der Waals surface area (Å²) >= 11 is 7.25. The van der Waals surface area contributed by atoms with E-state index in [2.05, 4.69) is 0 Å². The number of carbonyl (C=O) groups is 2. The molecule has 0 atom stereocenters. The van der Waals surface area contributed by atoms with Crippen molar-refractivity contribution in [2.45, 2.75) is 19.3 Å². The monoisotopic (exact) mass is 636 g/mol. The molecule has 0 saturated heterocycles. The second kappa shape index (κ2) is 13.8. The zero-order valence-electron chi connectivity index (χ0n) is 19.3. The van der Waals surface area contributed by atoms with E-state index in [9.17, 15) is 29.8 Å². The molecule has 0 saturated carbocycles. The maximum Gasteiger partial charge on any atom is 0.285 e. The van der Waals surface area contributed by atoms with Crippen molar-refractivity contribution >= 4 is 56.6 Å². The van der Waals surface area contributed by atoms with Crippen molar-refractivity contribution in [3.05, 3.63) is 55.6 Å². The normalized spacial score (nSPS) is 10.4. The Balaban J connectivity index is 1.95. The lowest BCUT2D eigenvalue weighted by Crippen LogP contribution is -2.08. The molecule has 2 aromatic rings. The lowest BCUT2D eigenvalue weighted by atomic mass is 10.1. The Morgan fingerprint density at radius 2 is 1.25 bits per heavy atom. The number of benzene rings is 2. The number of nitro groups is 2. The molecule has 0 bridgehead atoms. The summed E-state index contributed by atoms with van der Waals surface area (Å²) in [6.07, 6.45) is 1.75. The lowest BCUT2D eigenvalue weighted by Gasteiger charge is -2.13. The number of nitrogens with zero attached hydrogens (tertiary/aromatic N) is 2. The molecule has 0 amide bonds. The van der Waals surface area contributed by atoms with E-state index in [1.165, 1.54) is 26.4 Å². The van der Waals surface area contributed by atoms with Crippen molar-refractivity contribution in [3.8, 4) is 23.0 Å². The summed E-state index contributed by atoms with van der Waals surface area (Å²) in [4.78, 5) is 44.7. The van der Waals surface area contributed by atoms with Crippen molar-refractivity contribution < 1.29 is 38.4 Å². The van der Waals surface area contributed by atoms with Gasteiger partial charge in [0.15, 0.2) is 28.8 Å². The fourth-order valence-electron chi connectivity index (χ4n) is 3.14. The number of hydrogen-bond acceptors (Lipinski definition) is 10. The van der Waals surface area contributed by atoms with Gasteiger partial charge in [-0.3, -0.25) is 29.8 Å². The first-order valence-electron chi connectivity index (χ1n) is 10.4. The molecule has 2 aromatic carbocycles. The minimum atomic E-state index is -0.986. The molecule has 12 nitrogen and oxygen atoms in total. The Morgan fingerprint density at radius 1 is 0.806 bits per heavy atom. The van der Waals surface area contributed by atoms with Gasteiger partial charge < -0.3 is 18.9 Å². The molecule has 0 fully saturated rings. The third-order valence-electron chi connectivity index (χ3n) is 4.89. The van der Waals surface area contributed by atoms with Crippen LogP contribution in [0.3, 0.4) is 0 Å². The van der Waals surface area contributed by atoms with Gasteiger partial charge in [-0.15, -0.1) is 0 Å². The molecule has 0 aliphatic heterocycles. The number of nitro benzene ring substituents is 2. The van der Waals surface area contributed by atoms with Gasteiger partial charge in [-0.25, -0.2) is 0 Å². The molecule has 14 heteroatoms. The van der Waals surface area contributed by atoms with Gasteiger partial charge in [0, 0.05) is 12.1 Å². The molecule has 2 rings (SSSR count). The summed E-state index contributed by atoms with van der Waals surface area (Å²) in [5.41, 5.74) is -1.19. The van der Waals surface area contributed by atoms with Crippen LogP contribution < -0.4 is 18.9 Å². The van der Waals surface area contributed by atoms with Gasteiger partial charge in [0.2, 0.25) is 0 Å². The number of halogens is 2. The third kappa shape index (κ3) is 7.40. The van der Waals surface area contributed by atoms with Crippen molar-refractivity contribution in [2.75, 3.05) is 31.9 Å². The van der Waals surface area contributed by atoms with Gasteiger partial charge in [-0.1, -0.05) is 22.6 Å². The van der Waals surface area contributed by atoms with Crippen LogP contribution in [0.15, 0.2) is 24.3 Å². The molecule has 194 valence electrons. The van der Waals surface area contributed by atoms with E-state index in [0.717, 1.165) is 12.1 Å². The Hall–Kier alpha value is -3.20. The SMILES string of the molecule is COc1cc(C(=O)Cl)c([N+](=O)[O-])cc1OCCCCCOc1cc([N+](=O)[O-])c(C(=O)CI)cc1OC. The molecular formula is C22H22ClIN2O10. The molecular weight excluding hydrogens is 615 g/mol. The second-order valence-electron chi connectivity index (χ2n) is 7.14. The first-order chi connectivity index (χ1) is 17.1. The molecule has 0 aromatic heterocycles. The van der Waals surface area contributed by atoms with Gasteiger partial charge in [0.05, 0.1) is 53.8 Å². The average Bonchev–Trinajstić information content (AvgIpc) is 2.86. The van der Waals surface area contributed by atoms with E-state index in [1.807, 2.05) is 22.6 Å². The smallest absolute Gasteiger partial charge is 0.285 e. The Labute approximate surface area is 224 Å². The van der Waals surface area contributed by atoms with Crippen molar-refractivity contribution in [1.82, 2.24) is 0 Å². The summed E-state index contributed by atoms with van der Waals surface area (Å²) < 4.78 is 21.7. The van der Waals surface area contributed by atoms with E-state index in [4.69, 9.17) is 30.5 Å². The summed E-state index contributed by atoms with van der Waals surface area (Å²) in [7, 11) is 2.70. The molecule has 0 aliphatic carbocycles. The van der Waals surface area contributed by atoms with Crippen molar-refractivity contribution in [1.29, 1.82) is 0 Å². The molecule has 0 aliphatic rings. The number of carbonyl (C=O) groups excluding carboxylic acids is 2. The number of unbranched alkanes of at least 4 members (excludes halogenated alkanes) is 2. The maximum atomic E-state index is 12.0. The van der Waals surface area contributed by atoms with Crippen LogP contribution in [0, 0.1) is 20.2 Å². The van der Waals surface area contributed by atoms with E-state index >= 15 is 0 Å². The largest absolute Gasteiger partial charge is 0.493 e. The molecule has 0 heterocycles. The van der Waals surface area contributed by atoms with Gasteiger partial charge in [0.1, 0.15) is 11.1 Å². The number of ether oxygens (including phenoxy) is 4. The molecule has 0 radical (unpaired) electrons. The summed E-state index contributed by atoms with van der Waals surface area (Å²) in [6, 6.07) is 4.72. The van der Waals surface area contributed by atoms with E-state index < -0.39 is 26.6 Å². The van der Waals surface area contributed by atoms with Crippen LogP contribution in [0.2, 0.25) is 0 Å². The number of methoxy groups -OCH3 is 2. The van der Waals surface area contributed by atoms with Crippen LogP contribution in [0.4, 0.5) is 11.4 Å². The third-order valence-corrected chi connectivity index (χ3v) is 5.79. The predicted octanol–water partition coefficient (Wildman–Crippen LogP) is 5.15. The molecule has 0 spiro atoms. The maximum absolute atomic E-state index is 12.0. The zero-order chi connectivity index (χ0) is 26.8. The van der Waals surface area contributed by atoms with Crippen LogP contribution in [0.1, 0.15) is 40.0 Å². The van der Waals surface area contributed by atoms with Crippen LogP contribution in [0.5, 0.6) is 23.0 Å². The molecule has 0 N–H and O–H groups in total. The highest BCUT2D eigenvalue weighted by Gasteiger charge is 2.25. The number of rotatable bonds is 15. The minimum absolute atomic E-state index is 0.0464. The Kier molecular flexibility index (Phi) is 11.1. The highest BCUT2D eigenvalue weighted by atomic mass is 127. The first kappa shape index (κ1) is 29.0. The molecule has 0 unspecified atom stereocenters. The minimum Gasteiger partial charge on any atom is -0.493 e. The quantitative estimate of drug-likeness (QED) is 0.0487. The van der Waals surface area contributed by atoms with Crippen LogP contribution in [0.25, 0.3) is 0 Å². The zero-order valence-corrected chi connectivity index (χ0v) is 22.2. The van der Waals surface area contributed by atoms with Crippen LogP contribution >= 0.6 is 34.2 Å². The highest BCUT2D eigenvalue weighted by molar-refractivity contribution is 14.1. The van der Waals surface area contributed by atoms with E-state index in [0.29, 0.717) is 19.3 Å². The number of hydrogen-bond donors (Lipinski definition) is 0. The standard InChI is InChI=1S/C22H22ClIN2O10/c1-33-18-8-13(17(27)12-24)15(25(29)30)10-20(18)35-6-4-3-5-7-36-21-11-16(26(31)32)14(22(23)28)9-19(21)34-2/h8-11H,3-7,12H2,1-2H3. The van der Waals surface area contributed by atoms with E-state index in [-0.39, 0.29) is 57.5 Å². The summed E-state index contributed by atoms with van der Waals surface area (Å²) in [5, 5.41) is 21.6. The second-order valence-corrected chi connectivity index (χ2v) is 8.25. The Bertz CT molecular complexity index is 1160. The fraction of sp³-hybridized carbons (Fsp3) is 0.364. The van der Waals surface area contributed by atoms with Crippen LogP contribution in [-0.4, -0.2) is 52.7 Å². The topological polar surface area (TPSA) is 157 Å². The van der Waals surface area contributed by atoms with E-state index in [1.54, 1.807) is 0 Å². The fourth-order valence-corrected chi connectivity index (χ4v) is 3.71. The van der Waals surface area contributed by atoms with Gasteiger partial charge in [-0.05, 0) is 30.9 Å². The summed E-state index contributed by atoms with van der Waals surface area (Å²) in [5.74, 6) is 0.200. The Morgan fingerprint density at radius 3 is 1.64 bits per heavy atom. The number of alkyl halides is 1. The highest BCUT2D eigenvalue weighted by Crippen LogP contribution is 2.36. The number of ketones is 1. The molecule has 36 heavy (non-hydrogen) atoms. The lowest BCUT2D eigenvalue weighted by molar-refractivity contribution is -0.385.